The molecule has 0 spiro atoms. The van der Waals surface area contributed by atoms with E-state index in [-0.39, 0.29) is 44.1 Å². The maximum atomic E-state index is 13.8. The van der Waals surface area contributed by atoms with Gasteiger partial charge in [-0.3, -0.25) is 9.21 Å². The molecule has 0 bridgehead atoms. The molecule has 1 atom stereocenters. The van der Waals surface area contributed by atoms with Crippen LogP contribution in [0.2, 0.25) is 0 Å². The third-order valence-corrected chi connectivity index (χ3v) is 10.2. The van der Waals surface area contributed by atoms with E-state index >= 15 is 0 Å². The molecule has 1 saturated heterocycles. The lowest BCUT2D eigenvalue weighted by Gasteiger charge is -2.38. The predicted octanol–water partition coefficient (Wildman–Crippen LogP) is 7.71. The summed E-state index contributed by atoms with van der Waals surface area (Å²) in [4.78, 5) is 16.8. The molecule has 12 heteroatoms. The highest BCUT2D eigenvalue weighted by Crippen LogP contribution is 2.33. The molecule has 7 nitrogen and oxygen atoms in total. The van der Waals surface area contributed by atoms with E-state index in [0.717, 1.165) is 35.4 Å². The number of nitrogens with zero attached hydrogens (tertiary/aromatic N) is 3. The van der Waals surface area contributed by atoms with Crippen molar-refractivity contribution in [2.45, 2.75) is 56.0 Å². The molecule has 0 unspecified atom stereocenters. The molecular formula is C36H40F3N3O4S2. The number of piperidine rings is 1. The van der Waals surface area contributed by atoms with Crippen LogP contribution in [0.1, 0.15) is 36.5 Å². The zero-order valence-electron chi connectivity index (χ0n) is 26.6. The Morgan fingerprint density at radius 2 is 1.29 bits per heavy atom. The Balaban J connectivity index is 0.00000520. The van der Waals surface area contributed by atoms with E-state index < -0.39 is 33.9 Å². The van der Waals surface area contributed by atoms with E-state index in [1.165, 1.54) is 4.31 Å². The second-order valence-corrected chi connectivity index (χ2v) is 13.5. The van der Waals surface area contributed by atoms with Crippen LogP contribution in [0.3, 0.4) is 0 Å². The lowest BCUT2D eigenvalue weighted by atomic mass is 10.0. The van der Waals surface area contributed by atoms with E-state index in [0.29, 0.717) is 31.6 Å². The molecule has 0 saturated carbocycles. The molecule has 48 heavy (non-hydrogen) atoms. The molecule has 4 aromatic carbocycles. The Bertz CT molecular complexity index is 1650. The number of ether oxygens (including phenoxy) is 1. The van der Waals surface area contributed by atoms with Gasteiger partial charge in [0, 0.05) is 38.3 Å². The predicted molar refractivity (Wildman–Crippen MR) is 185 cm³/mol. The first-order valence-electron chi connectivity index (χ1n) is 15.5. The molecule has 4 aromatic rings. The van der Waals surface area contributed by atoms with Crippen LogP contribution in [0.4, 0.5) is 23.7 Å². The van der Waals surface area contributed by atoms with Crippen LogP contribution < -0.4 is 4.31 Å². The van der Waals surface area contributed by atoms with Crippen LogP contribution in [-0.4, -0.2) is 56.1 Å². The second-order valence-electron chi connectivity index (χ2n) is 11.7. The number of benzene rings is 4. The number of sulfonamides is 1. The van der Waals surface area contributed by atoms with Crippen molar-refractivity contribution in [2.75, 3.05) is 24.0 Å². The summed E-state index contributed by atoms with van der Waals surface area (Å²) in [6.07, 6.45) is -4.39. The van der Waals surface area contributed by atoms with Crippen LogP contribution in [0.5, 0.6) is 0 Å². The highest BCUT2D eigenvalue weighted by Gasteiger charge is 2.36. The molecule has 1 heterocycles. The summed E-state index contributed by atoms with van der Waals surface area (Å²) in [7, 11) is -4.21. The van der Waals surface area contributed by atoms with Gasteiger partial charge >= 0.3 is 12.3 Å². The third kappa shape index (κ3) is 9.33. The number of halogens is 3. The van der Waals surface area contributed by atoms with Gasteiger partial charge in [0.15, 0.2) is 0 Å². The SMILES string of the molecule is C[C@@H](COC(=O)N1CCC(N(c2ccccc2)S(=O)(=O)c2ccc(C(F)(F)F)cc2)CC1)N(Cc1ccccc1)Cc1ccccc1.S. The summed E-state index contributed by atoms with van der Waals surface area (Å²) in [5, 5.41) is 0. The minimum atomic E-state index is -4.58. The number of carbonyl (C=O) groups excluding carboxylic acids is 1. The zero-order chi connectivity index (χ0) is 33.4. The van der Waals surface area contributed by atoms with Gasteiger partial charge in [0.25, 0.3) is 10.0 Å². The molecule has 1 aliphatic heterocycles. The Kier molecular flexibility index (Phi) is 12.6. The Hall–Kier alpha value is -4.00. The van der Waals surface area contributed by atoms with Crippen LogP contribution >= 0.6 is 13.5 Å². The van der Waals surface area contributed by atoms with Gasteiger partial charge < -0.3 is 9.64 Å². The summed E-state index contributed by atoms with van der Waals surface area (Å²) in [5.74, 6) is 0. The number of hydrogen-bond donors (Lipinski definition) is 0. The topological polar surface area (TPSA) is 70.2 Å². The number of amides is 1. The smallest absolute Gasteiger partial charge is 0.416 e. The van der Waals surface area contributed by atoms with Crippen molar-refractivity contribution in [1.29, 1.82) is 0 Å². The number of carbonyl (C=O) groups is 1. The normalized spacial score (nSPS) is 14.6. The summed E-state index contributed by atoms with van der Waals surface area (Å²) < 4.78 is 74.2. The molecular weight excluding hydrogens is 660 g/mol. The van der Waals surface area contributed by atoms with E-state index in [2.05, 4.69) is 29.2 Å². The highest BCUT2D eigenvalue weighted by molar-refractivity contribution is 7.92. The molecule has 0 N–H and O–H groups in total. The minimum Gasteiger partial charge on any atom is -0.448 e. The van der Waals surface area contributed by atoms with Gasteiger partial charge in [-0.1, -0.05) is 78.9 Å². The van der Waals surface area contributed by atoms with Gasteiger partial charge in [0.2, 0.25) is 0 Å². The van der Waals surface area contributed by atoms with Crippen molar-refractivity contribution in [3.8, 4) is 0 Å². The van der Waals surface area contributed by atoms with E-state index in [1.807, 2.05) is 43.3 Å². The zero-order valence-corrected chi connectivity index (χ0v) is 28.4. The molecule has 256 valence electrons. The van der Waals surface area contributed by atoms with Gasteiger partial charge in [-0.2, -0.15) is 26.7 Å². The van der Waals surface area contributed by atoms with Gasteiger partial charge in [-0.15, -0.1) is 0 Å². The van der Waals surface area contributed by atoms with Crippen molar-refractivity contribution in [2.24, 2.45) is 0 Å². The van der Waals surface area contributed by atoms with Crippen molar-refractivity contribution < 1.29 is 31.1 Å². The summed E-state index contributed by atoms with van der Waals surface area (Å²) in [6.45, 7) is 4.10. The molecule has 1 fully saturated rings. The van der Waals surface area contributed by atoms with Crippen LogP contribution in [0.25, 0.3) is 0 Å². The van der Waals surface area contributed by atoms with Crippen molar-refractivity contribution in [3.05, 3.63) is 132 Å². The summed E-state index contributed by atoms with van der Waals surface area (Å²) in [5.41, 5.74) is 1.78. The standard InChI is InChI=1S/C36H38F3N3O4S.H2S/c1-28(41(25-29-11-5-2-6-12-29)26-30-13-7-3-8-14-30)27-46-35(43)40-23-21-33(22-24-40)42(32-15-9-4-10-16-32)47(44,45)34-19-17-31(18-20-34)36(37,38)39;/h2-20,28,33H,21-27H2,1H3;1H2/t28-;/m0./s1. The highest BCUT2D eigenvalue weighted by atomic mass is 32.2. The molecule has 1 aliphatic rings. The van der Waals surface area contributed by atoms with E-state index in [1.54, 1.807) is 35.2 Å². The molecule has 5 rings (SSSR count). The quantitative estimate of drug-likeness (QED) is 0.161. The maximum Gasteiger partial charge on any atom is 0.416 e. The largest absolute Gasteiger partial charge is 0.448 e. The average molecular weight is 700 g/mol. The number of rotatable bonds is 11. The Labute approximate surface area is 287 Å². The Morgan fingerprint density at radius 3 is 1.77 bits per heavy atom. The first-order valence-corrected chi connectivity index (χ1v) is 17.0. The van der Waals surface area contributed by atoms with Gasteiger partial charge in [0.1, 0.15) is 6.61 Å². The molecule has 1 amide bonds. The van der Waals surface area contributed by atoms with Gasteiger partial charge in [-0.25, -0.2) is 13.2 Å². The molecule has 0 aliphatic carbocycles. The van der Waals surface area contributed by atoms with Crippen LogP contribution in [-0.2, 0) is 34.0 Å². The van der Waals surface area contributed by atoms with Gasteiger partial charge in [0.05, 0.1) is 16.1 Å². The van der Waals surface area contributed by atoms with Crippen molar-refractivity contribution in [3.63, 3.8) is 0 Å². The van der Waals surface area contributed by atoms with Crippen LogP contribution in [0, 0.1) is 0 Å². The number of alkyl halides is 3. The molecule has 0 radical (unpaired) electrons. The van der Waals surface area contributed by atoms with Crippen LogP contribution in [0.15, 0.2) is 120 Å². The fourth-order valence-electron chi connectivity index (χ4n) is 5.73. The fraction of sp³-hybridized carbons (Fsp3) is 0.306. The maximum absolute atomic E-state index is 13.8. The number of anilines is 1. The van der Waals surface area contributed by atoms with Crippen molar-refractivity contribution >= 4 is 35.3 Å². The first kappa shape index (κ1) is 36.8. The lowest BCUT2D eigenvalue weighted by Crippen LogP contribution is -2.49. The van der Waals surface area contributed by atoms with Gasteiger partial charge in [-0.05, 0) is 67.3 Å². The first-order chi connectivity index (χ1) is 22.5. The lowest BCUT2D eigenvalue weighted by molar-refractivity contribution is -0.137. The number of likely N-dealkylation sites (tertiary alicyclic amines) is 1. The Morgan fingerprint density at radius 1 is 0.812 bits per heavy atom. The third-order valence-electron chi connectivity index (χ3n) is 8.33. The monoisotopic (exact) mass is 699 g/mol. The van der Waals surface area contributed by atoms with Crippen molar-refractivity contribution in [1.82, 2.24) is 9.80 Å². The summed E-state index contributed by atoms with van der Waals surface area (Å²) >= 11 is 0. The minimum absolute atomic E-state index is 0. The molecule has 0 aromatic heterocycles. The second kappa shape index (κ2) is 16.4. The fourth-order valence-corrected chi connectivity index (χ4v) is 7.43. The number of hydrogen-bond acceptors (Lipinski definition) is 5. The summed E-state index contributed by atoms with van der Waals surface area (Å²) in [6, 6.07) is 31.6. The average Bonchev–Trinajstić information content (AvgIpc) is 3.08. The van der Waals surface area contributed by atoms with E-state index in [9.17, 15) is 26.4 Å². The van der Waals surface area contributed by atoms with E-state index in [4.69, 9.17) is 4.74 Å². The number of para-hydroxylation sites is 1.